The zero-order chi connectivity index (χ0) is 15.1. The Balaban J connectivity index is 2.64. The smallest absolute Gasteiger partial charge is 0.240 e. The summed E-state index contributed by atoms with van der Waals surface area (Å²) in [6.07, 6.45) is 0.943. The topological polar surface area (TPSA) is 98.2 Å². The van der Waals surface area contributed by atoms with Crippen LogP contribution < -0.4 is 16.8 Å². The van der Waals surface area contributed by atoms with E-state index in [0.717, 1.165) is 5.56 Å². The Bertz CT molecular complexity index is 446. The lowest BCUT2D eigenvalue weighted by atomic mass is 10.0. The summed E-state index contributed by atoms with van der Waals surface area (Å²) < 4.78 is 0. The Hall–Kier alpha value is -1.88. The highest BCUT2D eigenvalue weighted by Crippen LogP contribution is 2.05. The molecule has 0 aliphatic rings. The molecule has 0 saturated carbocycles. The van der Waals surface area contributed by atoms with Gasteiger partial charge in [0.1, 0.15) is 6.04 Å². The van der Waals surface area contributed by atoms with E-state index in [1.807, 2.05) is 44.2 Å². The second kappa shape index (κ2) is 7.65. The maximum atomic E-state index is 11.9. The van der Waals surface area contributed by atoms with Crippen molar-refractivity contribution in [3.05, 3.63) is 35.9 Å². The zero-order valence-electron chi connectivity index (χ0n) is 12.0. The van der Waals surface area contributed by atoms with Crippen LogP contribution in [0.1, 0.15) is 25.8 Å². The van der Waals surface area contributed by atoms with Crippen molar-refractivity contribution in [3.8, 4) is 0 Å². The molecule has 0 aliphatic carbocycles. The van der Waals surface area contributed by atoms with Crippen LogP contribution in [0.2, 0.25) is 0 Å². The highest BCUT2D eigenvalue weighted by molar-refractivity contribution is 5.89. The largest absolute Gasteiger partial charge is 0.368 e. The number of carbonyl (C=O) groups excluding carboxylic acids is 2. The lowest BCUT2D eigenvalue weighted by Gasteiger charge is -2.19. The third kappa shape index (κ3) is 5.40. The molecule has 2 atom stereocenters. The van der Waals surface area contributed by atoms with Crippen LogP contribution in [0.15, 0.2) is 30.3 Å². The molecule has 1 rings (SSSR count). The average molecular weight is 277 g/mol. The van der Waals surface area contributed by atoms with Gasteiger partial charge in [-0.25, -0.2) is 0 Å². The van der Waals surface area contributed by atoms with Gasteiger partial charge in [0.25, 0.3) is 0 Å². The van der Waals surface area contributed by atoms with Crippen LogP contribution in [0.4, 0.5) is 0 Å². The highest BCUT2D eigenvalue weighted by Gasteiger charge is 2.22. The Morgan fingerprint density at radius 2 is 1.80 bits per heavy atom. The van der Waals surface area contributed by atoms with Gasteiger partial charge >= 0.3 is 0 Å². The number of amides is 2. The van der Waals surface area contributed by atoms with E-state index in [-0.39, 0.29) is 5.91 Å². The first-order valence-corrected chi connectivity index (χ1v) is 6.79. The minimum Gasteiger partial charge on any atom is -0.368 e. The van der Waals surface area contributed by atoms with Crippen LogP contribution in [-0.2, 0) is 16.0 Å². The lowest BCUT2D eigenvalue weighted by Crippen LogP contribution is -2.51. The number of hydrogen-bond donors (Lipinski definition) is 3. The molecule has 5 nitrogen and oxygen atoms in total. The van der Waals surface area contributed by atoms with Crippen molar-refractivity contribution in [2.75, 3.05) is 0 Å². The summed E-state index contributed by atoms with van der Waals surface area (Å²) in [6, 6.07) is 8.06. The monoisotopic (exact) mass is 277 g/mol. The molecule has 0 radical (unpaired) electrons. The molecule has 110 valence electrons. The summed E-state index contributed by atoms with van der Waals surface area (Å²) in [7, 11) is 0. The number of benzene rings is 1. The Labute approximate surface area is 119 Å². The van der Waals surface area contributed by atoms with E-state index >= 15 is 0 Å². The van der Waals surface area contributed by atoms with Crippen molar-refractivity contribution in [1.82, 2.24) is 5.32 Å². The molecule has 20 heavy (non-hydrogen) atoms. The second-order valence-electron chi connectivity index (χ2n) is 5.39. The van der Waals surface area contributed by atoms with Gasteiger partial charge in [0.2, 0.25) is 11.8 Å². The fourth-order valence-corrected chi connectivity index (χ4v) is 1.97. The van der Waals surface area contributed by atoms with E-state index < -0.39 is 18.0 Å². The fraction of sp³-hybridized carbons (Fsp3) is 0.467. The summed E-state index contributed by atoms with van der Waals surface area (Å²) in [4.78, 5) is 23.4. The minimum absolute atomic E-state index is 0.317. The Morgan fingerprint density at radius 1 is 1.20 bits per heavy atom. The van der Waals surface area contributed by atoms with Crippen molar-refractivity contribution in [2.24, 2.45) is 17.4 Å². The predicted octanol–water partition coefficient (Wildman–Crippen LogP) is 0.573. The number of nitrogens with two attached hydrogens (primary N) is 2. The van der Waals surface area contributed by atoms with E-state index in [0.29, 0.717) is 18.8 Å². The summed E-state index contributed by atoms with van der Waals surface area (Å²) in [5.74, 6) is -0.575. The van der Waals surface area contributed by atoms with Crippen molar-refractivity contribution < 1.29 is 9.59 Å². The number of rotatable bonds is 7. The van der Waals surface area contributed by atoms with Gasteiger partial charge in [-0.15, -0.1) is 0 Å². The molecule has 1 aromatic rings. The molecule has 0 bridgehead atoms. The van der Waals surface area contributed by atoms with Crippen LogP contribution in [0.25, 0.3) is 0 Å². The third-order valence-electron chi connectivity index (χ3n) is 3.00. The second-order valence-corrected chi connectivity index (χ2v) is 5.39. The van der Waals surface area contributed by atoms with E-state index in [1.165, 1.54) is 0 Å². The molecular weight excluding hydrogens is 254 g/mol. The van der Waals surface area contributed by atoms with E-state index in [9.17, 15) is 9.59 Å². The van der Waals surface area contributed by atoms with Crippen LogP contribution in [0.5, 0.6) is 0 Å². The maximum Gasteiger partial charge on any atom is 0.240 e. The number of nitrogens with one attached hydrogen (secondary N) is 1. The lowest BCUT2D eigenvalue weighted by molar-refractivity contribution is -0.128. The summed E-state index contributed by atoms with van der Waals surface area (Å²) in [6.45, 7) is 3.98. The molecule has 0 heterocycles. The molecule has 1 unspecified atom stereocenters. The molecule has 5 heteroatoms. The normalized spacial score (nSPS) is 13.8. The molecule has 0 fully saturated rings. The van der Waals surface area contributed by atoms with Crippen LogP contribution in [0, 0.1) is 5.92 Å². The Kier molecular flexibility index (Phi) is 6.18. The van der Waals surface area contributed by atoms with Crippen LogP contribution in [0.3, 0.4) is 0 Å². The minimum atomic E-state index is -0.733. The van der Waals surface area contributed by atoms with Gasteiger partial charge in [-0.3, -0.25) is 9.59 Å². The molecule has 0 saturated heterocycles. The highest BCUT2D eigenvalue weighted by atomic mass is 16.2. The van der Waals surface area contributed by atoms with E-state index in [2.05, 4.69) is 5.32 Å². The molecular formula is C15H23N3O2. The Morgan fingerprint density at radius 3 is 2.30 bits per heavy atom. The molecule has 1 aromatic carbocycles. The molecule has 0 aliphatic heterocycles. The molecule has 2 amide bonds. The van der Waals surface area contributed by atoms with Crippen molar-refractivity contribution >= 4 is 11.8 Å². The van der Waals surface area contributed by atoms with Crippen molar-refractivity contribution in [3.63, 3.8) is 0 Å². The average Bonchev–Trinajstić information content (AvgIpc) is 2.38. The van der Waals surface area contributed by atoms with Gasteiger partial charge in [0, 0.05) is 6.42 Å². The number of carbonyl (C=O) groups is 2. The summed E-state index contributed by atoms with van der Waals surface area (Å²) >= 11 is 0. The zero-order valence-corrected chi connectivity index (χ0v) is 12.0. The quantitative estimate of drug-likeness (QED) is 0.679. The number of primary amides is 1. The van der Waals surface area contributed by atoms with Gasteiger partial charge in [-0.2, -0.15) is 0 Å². The van der Waals surface area contributed by atoms with E-state index in [1.54, 1.807) is 0 Å². The van der Waals surface area contributed by atoms with Gasteiger partial charge in [0.05, 0.1) is 6.04 Å². The van der Waals surface area contributed by atoms with Gasteiger partial charge in [-0.1, -0.05) is 44.2 Å². The van der Waals surface area contributed by atoms with Crippen LogP contribution >= 0.6 is 0 Å². The van der Waals surface area contributed by atoms with Gasteiger partial charge in [-0.05, 0) is 17.9 Å². The molecule has 5 N–H and O–H groups in total. The van der Waals surface area contributed by atoms with Crippen molar-refractivity contribution in [1.29, 1.82) is 0 Å². The predicted molar refractivity (Wildman–Crippen MR) is 78.7 cm³/mol. The summed E-state index contributed by atoms with van der Waals surface area (Å²) in [5.41, 5.74) is 12.1. The third-order valence-corrected chi connectivity index (χ3v) is 3.00. The SMILES string of the molecule is CC(C)CC(N)C(=O)N[C@@H](Cc1ccccc1)C(N)=O. The fourth-order valence-electron chi connectivity index (χ4n) is 1.97. The summed E-state index contributed by atoms with van der Waals surface area (Å²) in [5, 5.41) is 2.63. The van der Waals surface area contributed by atoms with E-state index in [4.69, 9.17) is 11.5 Å². The maximum absolute atomic E-state index is 11.9. The standard InChI is InChI=1S/C15H23N3O2/c1-10(2)8-12(16)15(20)18-13(14(17)19)9-11-6-4-3-5-7-11/h3-7,10,12-13H,8-9,16H2,1-2H3,(H2,17,19)(H,18,20)/t12?,13-/m0/s1. The van der Waals surface area contributed by atoms with Crippen molar-refractivity contribution in [2.45, 2.75) is 38.8 Å². The van der Waals surface area contributed by atoms with Gasteiger partial charge in [0.15, 0.2) is 0 Å². The first kappa shape index (κ1) is 16.2. The van der Waals surface area contributed by atoms with Crippen LogP contribution in [-0.4, -0.2) is 23.9 Å². The number of hydrogen-bond acceptors (Lipinski definition) is 3. The first-order valence-electron chi connectivity index (χ1n) is 6.79. The first-order chi connectivity index (χ1) is 9.40. The van der Waals surface area contributed by atoms with Gasteiger partial charge < -0.3 is 16.8 Å². The molecule has 0 aromatic heterocycles. The molecule has 0 spiro atoms.